The summed E-state index contributed by atoms with van der Waals surface area (Å²) in [7, 11) is 0. The van der Waals surface area contributed by atoms with Gasteiger partial charge in [0, 0.05) is 13.1 Å². The van der Waals surface area contributed by atoms with E-state index in [0.29, 0.717) is 17.9 Å². The van der Waals surface area contributed by atoms with Crippen molar-refractivity contribution in [1.29, 1.82) is 0 Å². The average Bonchev–Trinajstić information content (AvgIpc) is 2.76. The third-order valence-corrected chi connectivity index (χ3v) is 3.69. The van der Waals surface area contributed by atoms with Crippen LogP contribution in [0, 0.1) is 13.8 Å². The van der Waals surface area contributed by atoms with E-state index in [-0.39, 0.29) is 5.91 Å². The summed E-state index contributed by atoms with van der Waals surface area (Å²) in [5.41, 5.74) is 3.29. The molecule has 3 rings (SSSR count). The van der Waals surface area contributed by atoms with Crippen molar-refractivity contribution in [2.45, 2.75) is 26.8 Å². The van der Waals surface area contributed by atoms with E-state index in [2.05, 4.69) is 18.2 Å². The van der Waals surface area contributed by atoms with Gasteiger partial charge in [-0.05, 0) is 37.5 Å². The standard InChI is InChI=1S/C16H17NO2/c1-11-9-15(12(2)19-11)16(18)17-8-7-13-5-3-4-6-14(13)10-17/h3-6,9H,7-8,10H2,1-2H3. The number of rotatable bonds is 1. The predicted molar refractivity (Wildman–Crippen MR) is 73.1 cm³/mol. The summed E-state index contributed by atoms with van der Waals surface area (Å²) in [5, 5.41) is 0. The summed E-state index contributed by atoms with van der Waals surface area (Å²) in [6.07, 6.45) is 0.928. The number of benzene rings is 1. The zero-order valence-electron chi connectivity index (χ0n) is 11.3. The maximum Gasteiger partial charge on any atom is 0.257 e. The molecule has 3 heteroatoms. The molecular weight excluding hydrogens is 238 g/mol. The molecule has 0 fully saturated rings. The first-order chi connectivity index (χ1) is 9.15. The number of amides is 1. The lowest BCUT2D eigenvalue weighted by Gasteiger charge is -2.28. The van der Waals surface area contributed by atoms with Crippen molar-refractivity contribution in [2.75, 3.05) is 6.54 Å². The number of hydrogen-bond donors (Lipinski definition) is 0. The molecule has 1 aliphatic heterocycles. The van der Waals surface area contributed by atoms with Crippen LogP contribution < -0.4 is 0 Å². The number of hydrogen-bond acceptors (Lipinski definition) is 2. The van der Waals surface area contributed by atoms with Crippen molar-refractivity contribution >= 4 is 5.91 Å². The molecule has 98 valence electrons. The third kappa shape index (κ3) is 2.16. The third-order valence-electron chi connectivity index (χ3n) is 3.69. The molecule has 0 atom stereocenters. The first-order valence-corrected chi connectivity index (χ1v) is 6.58. The summed E-state index contributed by atoms with van der Waals surface area (Å²) in [5.74, 6) is 1.57. The van der Waals surface area contributed by atoms with Gasteiger partial charge in [-0.25, -0.2) is 0 Å². The SMILES string of the molecule is Cc1cc(C(=O)N2CCc3ccccc3C2)c(C)o1. The minimum absolute atomic E-state index is 0.0730. The molecule has 1 amide bonds. The monoisotopic (exact) mass is 255 g/mol. The van der Waals surface area contributed by atoms with Crippen molar-refractivity contribution < 1.29 is 9.21 Å². The van der Waals surface area contributed by atoms with Crippen LogP contribution in [-0.2, 0) is 13.0 Å². The van der Waals surface area contributed by atoms with Gasteiger partial charge >= 0.3 is 0 Å². The van der Waals surface area contributed by atoms with E-state index in [0.717, 1.165) is 18.7 Å². The number of furan rings is 1. The van der Waals surface area contributed by atoms with Crippen LogP contribution in [0.5, 0.6) is 0 Å². The zero-order valence-corrected chi connectivity index (χ0v) is 11.3. The predicted octanol–water partition coefficient (Wildman–Crippen LogP) is 3.09. The Kier molecular flexibility index (Phi) is 2.90. The molecule has 0 bridgehead atoms. The number of carbonyl (C=O) groups excluding carboxylic acids is 1. The highest BCUT2D eigenvalue weighted by atomic mass is 16.3. The molecule has 1 aromatic carbocycles. The number of fused-ring (bicyclic) bond motifs is 1. The Hall–Kier alpha value is -2.03. The Morgan fingerprint density at radius 3 is 2.63 bits per heavy atom. The Morgan fingerprint density at radius 2 is 1.95 bits per heavy atom. The summed E-state index contributed by atoms with van der Waals surface area (Å²) in [4.78, 5) is 14.4. The number of carbonyl (C=O) groups is 1. The molecule has 0 saturated heterocycles. The van der Waals surface area contributed by atoms with Gasteiger partial charge in [0.25, 0.3) is 5.91 Å². The van der Waals surface area contributed by atoms with Gasteiger partial charge in [0.15, 0.2) is 0 Å². The van der Waals surface area contributed by atoms with Gasteiger partial charge in [0.1, 0.15) is 11.5 Å². The van der Waals surface area contributed by atoms with Crippen LogP contribution in [0.2, 0.25) is 0 Å². The Bertz CT molecular complexity index is 627. The highest BCUT2D eigenvalue weighted by Gasteiger charge is 2.24. The maximum atomic E-state index is 12.5. The molecule has 0 saturated carbocycles. The minimum Gasteiger partial charge on any atom is -0.466 e. The van der Waals surface area contributed by atoms with Crippen molar-refractivity contribution in [2.24, 2.45) is 0 Å². The normalized spacial score (nSPS) is 14.3. The Labute approximate surface area is 112 Å². The molecule has 2 heterocycles. The summed E-state index contributed by atoms with van der Waals surface area (Å²) >= 11 is 0. The summed E-state index contributed by atoms with van der Waals surface area (Å²) in [6, 6.07) is 10.2. The Balaban J connectivity index is 1.85. The van der Waals surface area contributed by atoms with Gasteiger partial charge in [-0.3, -0.25) is 4.79 Å². The van der Waals surface area contributed by atoms with Crippen LogP contribution >= 0.6 is 0 Å². The molecular formula is C16H17NO2. The fourth-order valence-corrected chi connectivity index (χ4v) is 2.68. The lowest BCUT2D eigenvalue weighted by molar-refractivity contribution is 0.0733. The molecule has 0 spiro atoms. The van der Waals surface area contributed by atoms with E-state index in [1.807, 2.05) is 30.9 Å². The molecule has 0 unspecified atom stereocenters. The van der Waals surface area contributed by atoms with Crippen LogP contribution in [0.4, 0.5) is 0 Å². The maximum absolute atomic E-state index is 12.5. The van der Waals surface area contributed by atoms with E-state index in [1.54, 1.807) is 0 Å². The number of aryl methyl sites for hydroxylation is 2. The first-order valence-electron chi connectivity index (χ1n) is 6.58. The van der Waals surface area contributed by atoms with Gasteiger partial charge < -0.3 is 9.32 Å². The lowest BCUT2D eigenvalue weighted by Crippen LogP contribution is -2.36. The van der Waals surface area contributed by atoms with E-state index in [1.165, 1.54) is 11.1 Å². The molecule has 0 N–H and O–H groups in total. The van der Waals surface area contributed by atoms with Gasteiger partial charge in [0.05, 0.1) is 5.56 Å². The highest BCUT2D eigenvalue weighted by Crippen LogP contribution is 2.22. The second-order valence-electron chi connectivity index (χ2n) is 5.07. The average molecular weight is 255 g/mol. The molecule has 19 heavy (non-hydrogen) atoms. The molecule has 0 aliphatic carbocycles. The molecule has 2 aromatic rings. The second kappa shape index (κ2) is 4.57. The van der Waals surface area contributed by atoms with Crippen molar-refractivity contribution in [3.63, 3.8) is 0 Å². The van der Waals surface area contributed by atoms with Gasteiger partial charge in [-0.2, -0.15) is 0 Å². The first kappa shape index (κ1) is 12.0. The highest BCUT2D eigenvalue weighted by molar-refractivity contribution is 5.95. The van der Waals surface area contributed by atoms with Gasteiger partial charge in [-0.15, -0.1) is 0 Å². The summed E-state index contributed by atoms with van der Waals surface area (Å²) < 4.78 is 5.45. The minimum atomic E-state index is 0.0730. The van der Waals surface area contributed by atoms with Crippen molar-refractivity contribution in [1.82, 2.24) is 4.90 Å². The van der Waals surface area contributed by atoms with Gasteiger partial charge in [0.2, 0.25) is 0 Å². The molecule has 0 radical (unpaired) electrons. The molecule has 1 aliphatic rings. The number of nitrogens with zero attached hydrogens (tertiary/aromatic N) is 1. The van der Waals surface area contributed by atoms with Crippen LogP contribution in [0.1, 0.15) is 33.0 Å². The molecule has 1 aromatic heterocycles. The second-order valence-corrected chi connectivity index (χ2v) is 5.07. The van der Waals surface area contributed by atoms with Crippen LogP contribution in [0.3, 0.4) is 0 Å². The van der Waals surface area contributed by atoms with E-state index >= 15 is 0 Å². The van der Waals surface area contributed by atoms with E-state index in [9.17, 15) is 4.79 Å². The lowest BCUT2D eigenvalue weighted by atomic mass is 9.99. The fraction of sp³-hybridized carbons (Fsp3) is 0.312. The molecule has 3 nitrogen and oxygen atoms in total. The van der Waals surface area contributed by atoms with Crippen LogP contribution in [-0.4, -0.2) is 17.4 Å². The quantitative estimate of drug-likeness (QED) is 0.784. The summed E-state index contributed by atoms with van der Waals surface area (Å²) in [6.45, 7) is 5.19. The van der Waals surface area contributed by atoms with Gasteiger partial charge in [-0.1, -0.05) is 24.3 Å². The smallest absolute Gasteiger partial charge is 0.257 e. The zero-order chi connectivity index (χ0) is 13.4. The fourth-order valence-electron chi connectivity index (χ4n) is 2.68. The largest absolute Gasteiger partial charge is 0.466 e. The van der Waals surface area contributed by atoms with Crippen LogP contribution in [0.25, 0.3) is 0 Å². The topological polar surface area (TPSA) is 33.5 Å². The Morgan fingerprint density at radius 1 is 1.21 bits per heavy atom. The van der Waals surface area contributed by atoms with E-state index < -0.39 is 0 Å². The van der Waals surface area contributed by atoms with Crippen molar-refractivity contribution in [3.8, 4) is 0 Å². The van der Waals surface area contributed by atoms with Crippen LogP contribution in [0.15, 0.2) is 34.7 Å². The van der Waals surface area contributed by atoms with Crippen molar-refractivity contribution in [3.05, 3.63) is 58.5 Å². The van der Waals surface area contributed by atoms with E-state index in [4.69, 9.17) is 4.42 Å².